The van der Waals surface area contributed by atoms with Gasteiger partial charge in [-0.15, -0.1) is 0 Å². The molecule has 3 rings (SSSR count). The number of nitrogens with zero attached hydrogens (tertiary/aromatic N) is 3. The number of nitrogens with one attached hydrogen (secondary N) is 1. The van der Waals surface area contributed by atoms with Crippen LogP contribution in [0.3, 0.4) is 0 Å². The molecule has 0 saturated heterocycles. The Morgan fingerprint density at radius 2 is 1.91 bits per heavy atom. The molecule has 0 aliphatic carbocycles. The average molecular weight is 292 g/mol. The van der Waals surface area contributed by atoms with Crippen molar-refractivity contribution in [2.75, 3.05) is 0 Å². The fourth-order valence-electron chi connectivity index (χ4n) is 2.17. The molecule has 110 valence electrons. The highest BCUT2D eigenvalue weighted by Gasteiger charge is 2.12. The lowest BCUT2D eigenvalue weighted by Gasteiger charge is -2.13. The summed E-state index contributed by atoms with van der Waals surface area (Å²) in [6, 6.07) is 14.7. The first-order valence-corrected chi connectivity index (χ1v) is 7.06. The van der Waals surface area contributed by atoms with E-state index in [0.29, 0.717) is 5.56 Å². The molecule has 2 heterocycles. The Balaban J connectivity index is 1.70. The lowest BCUT2D eigenvalue weighted by molar-refractivity contribution is 0.0939. The molecule has 0 saturated carbocycles. The van der Waals surface area contributed by atoms with Gasteiger partial charge in [-0.25, -0.2) is 4.68 Å². The second-order valence-electron chi connectivity index (χ2n) is 4.95. The Hall–Kier alpha value is -2.95. The van der Waals surface area contributed by atoms with Crippen molar-refractivity contribution in [2.24, 2.45) is 0 Å². The second kappa shape index (κ2) is 6.22. The maximum Gasteiger partial charge on any atom is 0.251 e. The molecule has 3 aromatic rings. The molecular weight excluding hydrogens is 276 g/mol. The summed E-state index contributed by atoms with van der Waals surface area (Å²) in [5, 5.41) is 7.10. The zero-order valence-electron chi connectivity index (χ0n) is 12.2. The summed E-state index contributed by atoms with van der Waals surface area (Å²) in [6.45, 7) is 1.92. The van der Waals surface area contributed by atoms with E-state index >= 15 is 0 Å². The van der Waals surface area contributed by atoms with Crippen LogP contribution >= 0.6 is 0 Å². The molecule has 0 fully saturated rings. The summed E-state index contributed by atoms with van der Waals surface area (Å²) in [6.07, 6.45) is 5.30. The van der Waals surface area contributed by atoms with Crippen molar-refractivity contribution in [2.45, 2.75) is 13.0 Å². The summed E-state index contributed by atoms with van der Waals surface area (Å²) in [4.78, 5) is 16.5. The zero-order valence-corrected chi connectivity index (χ0v) is 12.2. The summed E-state index contributed by atoms with van der Waals surface area (Å²) >= 11 is 0. The van der Waals surface area contributed by atoms with Crippen LogP contribution in [0, 0.1) is 0 Å². The fourth-order valence-corrected chi connectivity index (χ4v) is 2.17. The number of pyridine rings is 1. The van der Waals surface area contributed by atoms with Crippen molar-refractivity contribution in [3.05, 3.63) is 78.4 Å². The molecule has 1 amide bonds. The molecular formula is C17H16N4O. The van der Waals surface area contributed by atoms with E-state index in [-0.39, 0.29) is 11.9 Å². The van der Waals surface area contributed by atoms with E-state index in [2.05, 4.69) is 15.4 Å². The van der Waals surface area contributed by atoms with Crippen LogP contribution in [0.15, 0.2) is 67.1 Å². The molecule has 1 N–H and O–H groups in total. The van der Waals surface area contributed by atoms with Crippen molar-refractivity contribution >= 4 is 5.91 Å². The molecule has 0 bridgehead atoms. The van der Waals surface area contributed by atoms with Gasteiger partial charge in [-0.1, -0.05) is 6.07 Å². The van der Waals surface area contributed by atoms with Crippen LogP contribution in [0.2, 0.25) is 0 Å². The SMILES string of the molecule is C[C@@H](NC(=O)c1ccc(-n2cccn2)cc1)c1ccccn1. The van der Waals surface area contributed by atoms with Crippen LogP contribution in [-0.2, 0) is 0 Å². The summed E-state index contributed by atoms with van der Waals surface area (Å²) < 4.78 is 1.75. The number of rotatable bonds is 4. The van der Waals surface area contributed by atoms with Gasteiger partial charge in [-0.3, -0.25) is 9.78 Å². The Kier molecular flexibility index (Phi) is 3.96. The van der Waals surface area contributed by atoms with Gasteiger partial charge in [0.25, 0.3) is 5.91 Å². The highest BCUT2D eigenvalue weighted by Crippen LogP contribution is 2.12. The van der Waals surface area contributed by atoms with Crippen LogP contribution in [0.4, 0.5) is 0 Å². The monoisotopic (exact) mass is 292 g/mol. The number of hydrogen-bond donors (Lipinski definition) is 1. The van der Waals surface area contributed by atoms with Gasteiger partial charge in [-0.05, 0) is 49.4 Å². The Labute approximate surface area is 128 Å². The standard InChI is InChI=1S/C17H16N4O/c1-13(16-5-2-3-10-18-16)20-17(22)14-6-8-15(9-7-14)21-12-4-11-19-21/h2-13H,1H3,(H,20,22)/t13-/m1/s1. The van der Waals surface area contributed by atoms with Gasteiger partial charge in [-0.2, -0.15) is 5.10 Å². The van der Waals surface area contributed by atoms with Gasteiger partial charge in [0.15, 0.2) is 0 Å². The van der Waals surface area contributed by atoms with E-state index in [1.165, 1.54) is 0 Å². The predicted molar refractivity (Wildman–Crippen MR) is 83.7 cm³/mol. The lowest BCUT2D eigenvalue weighted by atomic mass is 10.1. The Morgan fingerprint density at radius 1 is 1.09 bits per heavy atom. The van der Waals surface area contributed by atoms with Crippen LogP contribution in [0.1, 0.15) is 29.0 Å². The van der Waals surface area contributed by atoms with Crippen LogP contribution in [0.5, 0.6) is 0 Å². The lowest BCUT2D eigenvalue weighted by Crippen LogP contribution is -2.27. The summed E-state index contributed by atoms with van der Waals surface area (Å²) in [5.41, 5.74) is 2.36. The van der Waals surface area contributed by atoms with Gasteiger partial charge in [0.2, 0.25) is 0 Å². The first-order chi connectivity index (χ1) is 10.7. The smallest absolute Gasteiger partial charge is 0.251 e. The van der Waals surface area contributed by atoms with E-state index in [1.54, 1.807) is 29.2 Å². The number of hydrogen-bond acceptors (Lipinski definition) is 3. The predicted octanol–water partition coefficient (Wildman–Crippen LogP) is 2.76. The second-order valence-corrected chi connectivity index (χ2v) is 4.95. The number of aromatic nitrogens is 3. The van der Waals surface area contributed by atoms with E-state index in [1.807, 2.05) is 49.5 Å². The highest BCUT2D eigenvalue weighted by atomic mass is 16.1. The Morgan fingerprint density at radius 3 is 2.55 bits per heavy atom. The molecule has 0 unspecified atom stereocenters. The first kappa shape index (κ1) is 14.0. The Bertz CT molecular complexity index is 736. The van der Waals surface area contributed by atoms with Crippen LogP contribution in [-0.4, -0.2) is 20.7 Å². The van der Waals surface area contributed by atoms with Gasteiger partial charge in [0.1, 0.15) is 0 Å². The maximum atomic E-state index is 12.3. The maximum absolute atomic E-state index is 12.3. The molecule has 22 heavy (non-hydrogen) atoms. The minimum atomic E-state index is -0.139. The quantitative estimate of drug-likeness (QED) is 0.804. The fraction of sp³-hybridized carbons (Fsp3) is 0.118. The van der Waals surface area contributed by atoms with Crippen molar-refractivity contribution in [3.8, 4) is 5.69 Å². The highest BCUT2D eigenvalue weighted by molar-refractivity contribution is 5.94. The normalized spacial score (nSPS) is 11.9. The van der Waals surface area contributed by atoms with Gasteiger partial charge >= 0.3 is 0 Å². The van der Waals surface area contributed by atoms with Crippen molar-refractivity contribution in [1.82, 2.24) is 20.1 Å². The van der Waals surface area contributed by atoms with Gasteiger partial charge in [0, 0.05) is 24.2 Å². The van der Waals surface area contributed by atoms with E-state index in [4.69, 9.17) is 0 Å². The summed E-state index contributed by atoms with van der Waals surface area (Å²) in [5.74, 6) is -0.120. The number of benzene rings is 1. The summed E-state index contributed by atoms with van der Waals surface area (Å²) in [7, 11) is 0. The van der Waals surface area contributed by atoms with E-state index in [9.17, 15) is 4.79 Å². The third kappa shape index (κ3) is 3.03. The van der Waals surface area contributed by atoms with Crippen LogP contribution < -0.4 is 5.32 Å². The number of amides is 1. The molecule has 0 aliphatic heterocycles. The molecule has 1 atom stereocenters. The minimum Gasteiger partial charge on any atom is -0.344 e. The molecule has 0 spiro atoms. The average Bonchev–Trinajstić information content (AvgIpc) is 3.10. The van der Waals surface area contributed by atoms with E-state index in [0.717, 1.165) is 11.4 Å². The minimum absolute atomic E-state index is 0.120. The third-order valence-corrected chi connectivity index (χ3v) is 3.38. The molecule has 0 aliphatic rings. The number of carbonyl (C=O) groups is 1. The molecule has 0 radical (unpaired) electrons. The molecule has 2 aromatic heterocycles. The zero-order chi connectivity index (χ0) is 15.4. The largest absolute Gasteiger partial charge is 0.344 e. The van der Waals surface area contributed by atoms with Crippen LogP contribution in [0.25, 0.3) is 5.69 Å². The third-order valence-electron chi connectivity index (χ3n) is 3.38. The van der Waals surface area contributed by atoms with Crippen molar-refractivity contribution in [3.63, 3.8) is 0 Å². The van der Waals surface area contributed by atoms with Crippen molar-refractivity contribution in [1.29, 1.82) is 0 Å². The molecule has 5 nitrogen and oxygen atoms in total. The van der Waals surface area contributed by atoms with Crippen molar-refractivity contribution < 1.29 is 4.79 Å². The molecule has 1 aromatic carbocycles. The number of carbonyl (C=O) groups excluding carboxylic acids is 1. The molecule has 5 heteroatoms. The van der Waals surface area contributed by atoms with Gasteiger partial charge < -0.3 is 5.32 Å². The topological polar surface area (TPSA) is 59.8 Å². The van der Waals surface area contributed by atoms with E-state index < -0.39 is 0 Å². The van der Waals surface area contributed by atoms with Gasteiger partial charge in [0.05, 0.1) is 17.4 Å². The first-order valence-electron chi connectivity index (χ1n) is 7.06.